The molecular weight excluding hydrogens is 250 g/mol. The number of carbonyl (C=O) groups is 1. The minimum absolute atomic E-state index is 0. The fourth-order valence-corrected chi connectivity index (χ4v) is 2.10. The van der Waals surface area contributed by atoms with Crippen LogP contribution in [0.2, 0.25) is 0 Å². The van der Waals surface area contributed by atoms with Crippen molar-refractivity contribution in [2.45, 2.75) is 0 Å². The molecule has 6 nitrogen and oxygen atoms in total. The summed E-state index contributed by atoms with van der Waals surface area (Å²) >= 11 is 1.08. The van der Waals surface area contributed by atoms with Crippen molar-refractivity contribution in [3.05, 3.63) is 5.69 Å². The van der Waals surface area contributed by atoms with Gasteiger partial charge in [0.25, 0.3) is 5.91 Å². The summed E-state index contributed by atoms with van der Waals surface area (Å²) in [6.07, 6.45) is 0. The second-order valence-corrected chi connectivity index (χ2v) is 3.78. The van der Waals surface area contributed by atoms with E-state index in [0.717, 1.165) is 37.9 Å². The third kappa shape index (κ3) is 2.60. The van der Waals surface area contributed by atoms with E-state index in [4.69, 9.17) is 0 Å². The SMILES string of the molecule is CNC(=O)c1nsnc1N1CCNCC1.Cl. The van der Waals surface area contributed by atoms with Gasteiger partial charge in [-0.2, -0.15) is 8.75 Å². The maximum Gasteiger partial charge on any atom is 0.274 e. The average molecular weight is 264 g/mol. The van der Waals surface area contributed by atoms with Crippen LogP contribution in [0.15, 0.2) is 0 Å². The van der Waals surface area contributed by atoms with Crippen LogP contribution in [-0.2, 0) is 0 Å². The smallest absolute Gasteiger partial charge is 0.274 e. The monoisotopic (exact) mass is 263 g/mol. The summed E-state index contributed by atoms with van der Waals surface area (Å²) in [6, 6.07) is 0. The van der Waals surface area contributed by atoms with Crippen LogP contribution in [0.1, 0.15) is 10.5 Å². The van der Waals surface area contributed by atoms with Gasteiger partial charge in [0.2, 0.25) is 0 Å². The van der Waals surface area contributed by atoms with Gasteiger partial charge >= 0.3 is 0 Å². The Bertz CT molecular complexity index is 352. The summed E-state index contributed by atoms with van der Waals surface area (Å²) in [7, 11) is 1.60. The Morgan fingerprint density at radius 3 is 2.75 bits per heavy atom. The second-order valence-electron chi connectivity index (χ2n) is 3.25. The molecule has 0 aliphatic carbocycles. The van der Waals surface area contributed by atoms with E-state index >= 15 is 0 Å². The highest BCUT2D eigenvalue weighted by Gasteiger charge is 2.21. The molecule has 0 atom stereocenters. The molecule has 8 heteroatoms. The van der Waals surface area contributed by atoms with Crippen molar-refractivity contribution in [1.29, 1.82) is 0 Å². The van der Waals surface area contributed by atoms with Crippen LogP contribution in [0.4, 0.5) is 5.82 Å². The first-order valence-electron chi connectivity index (χ1n) is 4.83. The van der Waals surface area contributed by atoms with Crippen molar-refractivity contribution >= 4 is 35.9 Å². The van der Waals surface area contributed by atoms with Crippen LogP contribution in [-0.4, -0.2) is 47.9 Å². The van der Waals surface area contributed by atoms with Gasteiger partial charge in [0.05, 0.1) is 11.7 Å². The van der Waals surface area contributed by atoms with Crippen molar-refractivity contribution < 1.29 is 4.79 Å². The Morgan fingerprint density at radius 2 is 2.12 bits per heavy atom. The molecule has 1 fully saturated rings. The highest BCUT2D eigenvalue weighted by molar-refractivity contribution is 6.99. The quantitative estimate of drug-likeness (QED) is 0.769. The van der Waals surface area contributed by atoms with E-state index in [1.165, 1.54) is 0 Å². The predicted octanol–water partition coefficient (Wildman–Crippen LogP) is -0.271. The van der Waals surface area contributed by atoms with Crippen LogP contribution in [0, 0.1) is 0 Å². The maximum absolute atomic E-state index is 11.5. The van der Waals surface area contributed by atoms with E-state index in [-0.39, 0.29) is 18.3 Å². The molecule has 2 heterocycles. The molecule has 0 bridgehead atoms. The topological polar surface area (TPSA) is 70.2 Å². The van der Waals surface area contributed by atoms with Gasteiger partial charge in [-0.25, -0.2) is 0 Å². The normalized spacial score (nSPS) is 15.4. The Hall–Kier alpha value is -0.920. The summed E-state index contributed by atoms with van der Waals surface area (Å²) in [4.78, 5) is 13.6. The second kappa shape index (κ2) is 5.97. The van der Waals surface area contributed by atoms with E-state index in [9.17, 15) is 4.79 Å². The van der Waals surface area contributed by atoms with Gasteiger partial charge in [-0.1, -0.05) is 0 Å². The maximum atomic E-state index is 11.5. The van der Waals surface area contributed by atoms with Crippen LogP contribution in [0.5, 0.6) is 0 Å². The zero-order valence-electron chi connectivity index (χ0n) is 8.89. The number of nitrogens with zero attached hydrogens (tertiary/aromatic N) is 3. The van der Waals surface area contributed by atoms with Gasteiger partial charge in [-0.05, 0) is 0 Å². The lowest BCUT2D eigenvalue weighted by molar-refractivity contribution is 0.0959. The number of halogens is 1. The van der Waals surface area contributed by atoms with Gasteiger partial charge in [0, 0.05) is 33.2 Å². The molecule has 0 spiro atoms. The number of hydrogen-bond donors (Lipinski definition) is 2. The number of rotatable bonds is 2. The van der Waals surface area contributed by atoms with Crippen LogP contribution >= 0.6 is 24.1 Å². The number of nitrogens with one attached hydrogen (secondary N) is 2. The molecule has 90 valence electrons. The molecular formula is C8H14ClN5OS. The van der Waals surface area contributed by atoms with Gasteiger partial charge in [0.15, 0.2) is 11.5 Å². The van der Waals surface area contributed by atoms with Crippen LogP contribution < -0.4 is 15.5 Å². The number of amides is 1. The Labute approximate surface area is 104 Å². The molecule has 1 aliphatic rings. The van der Waals surface area contributed by atoms with Gasteiger partial charge in [-0.15, -0.1) is 12.4 Å². The lowest BCUT2D eigenvalue weighted by Gasteiger charge is -2.27. The lowest BCUT2D eigenvalue weighted by Crippen LogP contribution is -2.44. The third-order valence-corrected chi connectivity index (χ3v) is 2.85. The molecule has 2 rings (SSSR count). The number of carbonyl (C=O) groups excluding carboxylic acids is 1. The van der Waals surface area contributed by atoms with Crippen molar-refractivity contribution in [3.63, 3.8) is 0 Å². The molecule has 0 saturated carbocycles. The van der Waals surface area contributed by atoms with E-state index in [2.05, 4.69) is 24.3 Å². The number of hydrogen-bond acceptors (Lipinski definition) is 6. The third-order valence-electron chi connectivity index (χ3n) is 2.33. The Balaban J connectivity index is 0.00000128. The van der Waals surface area contributed by atoms with E-state index < -0.39 is 0 Å². The minimum atomic E-state index is -0.169. The highest BCUT2D eigenvalue weighted by Crippen LogP contribution is 2.17. The van der Waals surface area contributed by atoms with Crippen molar-refractivity contribution in [2.75, 3.05) is 38.1 Å². The van der Waals surface area contributed by atoms with E-state index in [1.54, 1.807) is 7.05 Å². The molecule has 16 heavy (non-hydrogen) atoms. The zero-order chi connectivity index (χ0) is 10.7. The molecule has 2 N–H and O–H groups in total. The molecule has 0 aromatic carbocycles. The molecule has 1 aromatic rings. The predicted molar refractivity (Wildman–Crippen MR) is 65.6 cm³/mol. The molecule has 1 aromatic heterocycles. The van der Waals surface area contributed by atoms with Crippen LogP contribution in [0.3, 0.4) is 0 Å². The van der Waals surface area contributed by atoms with Gasteiger partial charge < -0.3 is 15.5 Å². The summed E-state index contributed by atoms with van der Waals surface area (Å²) in [6.45, 7) is 3.58. The molecule has 1 saturated heterocycles. The highest BCUT2D eigenvalue weighted by atomic mass is 35.5. The van der Waals surface area contributed by atoms with Crippen LogP contribution in [0.25, 0.3) is 0 Å². The molecule has 1 amide bonds. The van der Waals surface area contributed by atoms with Gasteiger partial charge in [-0.3, -0.25) is 4.79 Å². The standard InChI is InChI=1S/C8H13N5OS.ClH/c1-9-8(14)6-7(12-15-11-6)13-4-2-10-3-5-13;/h10H,2-5H2,1H3,(H,9,14);1H. The summed E-state index contributed by atoms with van der Waals surface area (Å²) < 4.78 is 8.20. The first-order chi connectivity index (χ1) is 7.33. The van der Waals surface area contributed by atoms with E-state index in [0.29, 0.717) is 11.5 Å². The Morgan fingerprint density at radius 1 is 1.44 bits per heavy atom. The molecule has 1 aliphatic heterocycles. The average Bonchev–Trinajstić information content (AvgIpc) is 2.78. The Kier molecular flexibility index (Phi) is 4.91. The van der Waals surface area contributed by atoms with Crippen molar-refractivity contribution in [1.82, 2.24) is 19.4 Å². The van der Waals surface area contributed by atoms with Crippen molar-refractivity contribution in [3.8, 4) is 0 Å². The first kappa shape index (κ1) is 13.1. The molecule has 0 radical (unpaired) electrons. The molecule has 0 unspecified atom stereocenters. The minimum Gasteiger partial charge on any atom is -0.354 e. The summed E-state index contributed by atoms with van der Waals surface area (Å²) in [5, 5.41) is 5.82. The summed E-state index contributed by atoms with van der Waals surface area (Å²) in [5.41, 5.74) is 0.435. The first-order valence-corrected chi connectivity index (χ1v) is 5.56. The van der Waals surface area contributed by atoms with Crippen molar-refractivity contribution in [2.24, 2.45) is 0 Å². The van der Waals surface area contributed by atoms with E-state index in [1.807, 2.05) is 0 Å². The number of aromatic nitrogens is 2. The number of piperazine rings is 1. The largest absolute Gasteiger partial charge is 0.354 e. The fourth-order valence-electron chi connectivity index (χ4n) is 1.53. The summed E-state index contributed by atoms with van der Waals surface area (Å²) in [5.74, 6) is 0.540. The fraction of sp³-hybridized carbons (Fsp3) is 0.625. The number of anilines is 1. The van der Waals surface area contributed by atoms with Gasteiger partial charge in [0.1, 0.15) is 0 Å². The lowest BCUT2D eigenvalue weighted by atomic mass is 10.3. The zero-order valence-corrected chi connectivity index (χ0v) is 10.5.